The van der Waals surface area contributed by atoms with E-state index in [1.165, 1.54) is 20.1 Å². The highest BCUT2D eigenvalue weighted by atomic mass is 35.5. The highest BCUT2D eigenvalue weighted by molar-refractivity contribution is 6.31. The lowest BCUT2D eigenvalue weighted by Gasteiger charge is -2.19. The number of carbonyl (C=O) groups excluding carboxylic acids is 2. The number of esters is 1. The number of rotatable bonds is 5. The van der Waals surface area contributed by atoms with E-state index in [4.69, 9.17) is 30.5 Å². The first kappa shape index (κ1) is 18.8. The van der Waals surface area contributed by atoms with Crippen LogP contribution in [0.25, 0.3) is 0 Å². The number of methoxy groups -OCH3 is 1. The molecule has 0 fully saturated rings. The van der Waals surface area contributed by atoms with Gasteiger partial charge in [-0.15, -0.1) is 0 Å². The molecule has 142 valence electrons. The number of benzene rings is 2. The van der Waals surface area contributed by atoms with Crippen molar-refractivity contribution in [3.05, 3.63) is 47.0 Å². The van der Waals surface area contributed by atoms with Gasteiger partial charge in [0.1, 0.15) is 24.5 Å². The summed E-state index contributed by atoms with van der Waals surface area (Å²) in [7, 11) is 1.43. The van der Waals surface area contributed by atoms with Crippen molar-refractivity contribution in [1.29, 1.82) is 0 Å². The molecule has 2 aromatic rings. The van der Waals surface area contributed by atoms with Crippen LogP contribution in [0.3, 0.4) is 0 Å². The molecule has 0 aromatic heterocycles. The van der Waals surface area contributed by atoms with E-state index in [2.05, 4.69) is 5.32 Å². The van der Waals surface area contributed by atoms with Crippen LogP contribution in [0.15, 0.2) is 36.4 Å². The van der Waals surface area contributed by atoms with Gasteiger partial charge in [-0.3, -0.25) is 4.79 Å². The third-order valence-corrected chi connectivity index (χ3v) is 4.08. The van der Waals surface area contributed by atoms with Crippen molar-refractivity contribution in [2.24, 2.45) is 0 Å². The Morgan fingerprint density at radius 2 is 1.85 bits per heavy atom. The second-order valence-corrected chi connectivity index (χ2v) is 6.18. The van der Waals surface area contributed by atoms with E-state index in [9.17, 15) is 9.59 Å². The molecule has 7 nitrogen and oxygen atoms in total. The molecule has 3 rings (SSSR count). The molecule has 0 saturated heterocycles. The van der Waals surface area contributed by atoms with Crippen LogP contribution in [0.2, 0.25) is 5.02 Å². The molecule has 0 aliphatic carbocycles. The van der Waals surface area contributed by atoms with E-state index in [1.54, 1.807) is 30.3 Å². The van der Waals surface area contributed by atoms with Gasteiger partial charge in [-0.25, -0.2) is 4.79 Å². The molecule has 0 spiro atoms. The molecular formula is C19H18ClNO6. The zero-order chi connectivity index (χ0) is 19.4. The molecule has 2 aromatic carbocycles. The zero-order valence-corrected chi connectivity index (χ0v) is 15.5. The van der Waals surface area contributed by atoms with E-state index >= 15 is 0 Å². The number of nitrogens with one attached hydrogen (secondary N) is 1. The summed E-state index contributed by atoms with van der Waals surface area (Å²) in [6.45, 7) is 2.40. The Morgan fingerprint density at radius 1 is 1.11 bits per heavy atom. The number of anilines is 1. The molecule has 0 radical (unpaired) electrons. The molecule has 0 saturated carbocycles. The number of amides is 1. The van der Waals surface area contributed by atoms with E-state index in [1.807, 2.05) is 0 Å². The number of ether oxygens (including phenoxy) is 4. The van der Waals surface area contributed by atoms with E-state index < -0.39 is 18.0 Å². The quantitative estimate of drug-likeness (QED) is 0.787. The Morgan fingerprint density at radius 3 is 2.59 bits per heavy atom. The average molecular weight is 392 g/mol. The van der Waals surface area contributed by atoms with Gasteiger partial charge in [0.25, 0.3) is 5.91 Å². The molecule has 1 aliphatic rings. The van der Waals surface area contributed by atoms with E-state index in [-0.39, 0.29) is 5.56 Å². The summed E-state index contributed by atoms with van der Waals surface area (Å²) in [4.78, 5) is 24.7. The largest absolute Gasteiger partial charge is 0.496 e. The van der Waals surface area contributed by atoms with Crippen molar-refractivity contribution in [1.82, 2.24) is 0 Å². The second-order valence-electron chi connectivity index (χ2n) is 5.74. The number of fused-ring (bicyclic) bond motifs is 1. The maximum Gasteiger partial charge on any atom is 0.342 e. The van der Waals surface area contributed by atoms with Crippen LogP contribution in [-0.4, -0.2) is 38.3 Å². The van der Waals surface area contributed by atoms with E-state index in [0.29, 0.717) is 41.2 Å². The van der Waals surface area contributed by atoms with Crippen molar-refractivity contribution in [3.63, 3.8) is 0 Å². The Labute approximate surface area is 161 Å². The number of hydrogen-bond acceptors (Lipinski definition) is 6. The van der Waals surface area contributed by atoms with Gasteiger partial charge in [-0.1, -0.05) is 11.6 Å². The summed E-state index contributed by atoms with van der Waals surface area (Å²) >= 11 is 5.92. The molecule has 1 aliphatic heterocycles. The number of hydrogen-bond donors (Lipinski definition) is 1. The fourth-order valence-electron chi connectivity index (χ4n) is 2.48. The summed E-state index contributed by atoms with van der Waals surface area (Å²) in [5.41, 5.74) is 0.650. The maximum atomic E-state index is 12.4. The first-order chi connectivity index (χ1) is 13.0. The molecule has 27 heavy (non-hydrogen) atoms. The SMILES string of the molecule is COc1ccc(Cl)cc1C(=O)O[C@H](C)C(=O)Nc1ccc2c(c1)OCCO2. The third kappa shape index (κ3) is 4.43. The normalized spacial score (nSPS) is 13.4. The minimum Gasteiger partial charge on any atom is -0.496 e. The van der Waals surface area contributed by atoms with Crippen molar-refractivity contribution >= 4 is 29.2 Å². The minimum atomic E-state index is -1.03. The minimum absolute atomic E-state index is 0.143. The fraction of sp³-hybridized carbons (Fsp3) is 0.263. The molecular weight excluding hydrogens is 374 g/mol. The highest BCUT2D eigenvalue weighted by Gasteiger charge is 2.22. The van der Waals surface area contributed by atoms with Crippen LogP contribution in [0, 0.1) is 0 Å². The molecule has 0 unspecified atom stereocenters. The van der Waals surface area contributed by atoms with Gasteiger partial charge >= 0.3 is 5.97 Å². The number of carbonyl (C=O) groups is 2. The fourth-order valence-corrected chi connectivity index (χ4v) is 2.65. The van der Waals surface area contributed by atoms with Crippen molar-refractivity contribution < 1.29 is 28.5 Å². The third-order valence-electron chi connectivity index (χ3n) is 3.84. The van der Waals surface area contributed by atoms with Gasteiger partial charge < -0.3 is 24.3 Å². The monoisotopic (exact) mass is 391 g/mol. The number of halogens is 1. The molecule has 1 heterocycles. The highest BCUT2D eigenvalue weighted by Crippen LogP contribution is 2.32. The van der Waals surface area contributed by atoms with Gasteiger partial charge in [0.15, 0.2) is 17.6 Å². The van der Waals surface area contributed by atoms with Crippen LogP contribution in [0.5, 0.6) is 17.2 Å². The Bertz CT molecular complexity index is 869. The van der Waals surface area contributed by atoms with Gasteiger partial charge in [0.2, 0.25) is 0 Å². The van der Waals surface area contributed by atoms with Crippen LogP contribution < -0.4 is 19.5 Å². The van der Waals surface area contributed by atoms with Gasteiger partial charge in [0, 0.05) is 16.8 Å². The zero-order valence-electron chi connectivity index (χ0n) is 14.8. The Balaban J connectivity index is 1.65. The predicted octanol–water partition coefficient (Wildman–Crippen LogP) is 3.30. The predicted molar refractivity (Wildman–Crippen MR) is 98.9 cm³/mol. The molecule has 1 atom stereocenters. The first-order valence-electron chi connectivity index (χ1n) is 8.23. The summed E-state index contributed by atoms with van der Waals surface area (Å²) in [5, 5.41) is 3.04. The van der Waals surface area contributed by atoms with Crippen molar-refractivity contribution in [3.8, 4) is 17.2 Å². The van der Waals surface area contributed by atoms with Gasteiger partial charge in [0.05, 0.1) is 7.11 Å². The molecule has 8 heteroatoms. The second kappa shape index (κ2) is 8.18. The summed E-state index contributed by atoms with van der Waals surface area (Å²) in [6, 6.07) is 9.61. The van der Waals surface area contributed by atoms with Crippen molar-refractivity contribution in [2.75, 3.05) is 25.6 Å². The first-order valence-corrected chi connectivity index (χ1v) is 8.61. The summed E-state index contributed by atoms with van der Waals surface area (Å²) in [5.74, 6) is 0.281. The smallest absolute Gasteiger partial charge is 0.342 e. The van der Waals surface area contributed by atoms with Crippen molar-refractivity contribution in [2.45, 2.75) is 13.0 Å². The Hall–Kier alpha value is -2.93. The topological polar surface area (TPSA) is 83.1 Å². The van der Waals surface area contributed by atoms with Gasteiger partial charge in [-0.2, -0.15) is 0 Å². The van der Waals surface area contributed by atoms with Gasteiger partial charge in [-0.05, 0) is 37.3 Å². The lowest BCUT2D eigenvalue weighted by molar-refractivity contribution is -0.123. The maximum absolute atomic E-state index is 12.4. The molecule has 0 bridgehead atoms. The summed E-state index contributed by atoms with van der Waals surface area (Å²) < 4.78 is 21.3. The van der Waals surface area contributed by atoms with Crippen LogP contribution in [-0.2, 0) is 9.53 Å². The molecule has 1 N–H and O–H groups in total. The van der Waals surface area contributed by atoms with Crippen LogP contribution in [0.4, 0.5) is 5.69 Å². The molecule has 1 amide bonds. The lowest BCUT2D eigenvalue weighted by Crippen LogP contribution is -2.30. The van der Waals surface area contributed by atoms with Crippen LogP contribution in [0.1, 0.15) is 17.3 Å². The standard InChI is InChI=1S/C19H18ClNO6/c1-11(27-19(23)14-9-12(20)3-5-15(14)24-2)18(22)21-13-4-6-16-17(10-13)26-8-7-25-16/h3-6,9-11H,7-8H2,1-2H3,(H,21,22)/t11-/m1/s1. The lowest BCUT2D eigenvalue weighted by atomic mass is 10.2. The van der Waals surface area contributed by atoms with E-state index in [0.717, 1.165) is 0 Å². The van der Waals surface area contributed by atoms with Crippen LogP contribution >= 0.6 is 11.6 Å². The summed E-state index contributed by atoms with van der Waals surface area (Å²) in [6.07, 6.45) is -1.03. The average Bonchev–Trinajstić information content (AvgIpc) is 2.67. The Kier molecular flexibility index (Phi) is 5.71.